The highest BCUT2D eigenvalue weighted by Gasteiger charge is 2.38. The Morgan fingerprint density at radius 3 is 2.58 bits per heavy atom. The molecule has 2 amide bonds. The molecule has 1 aromatic rings. The Morgan fingerprint density at radius 2 is 1.89 bits per heavy atom. The fourth-order valence-electron chi connectivity index (χ4n) is 2.29. The molecular formula is C15H20N2O2. The first-order valence-corrected chi connectivity index (χ1v) is 6.71. The lowest BCUT2D eigenvalue weighted by molar-refractivity contribution is -0.123. The van der Waals surface area contributed by atoms with Crippen molar-refractivity contribution in [2.45, 2.75) is 39.2 Å². The molecule has 1 aliphatic heterocycles. The smallest absolute Gasteiger partial charge is 0.254 e. The van der Waals surface area contributed by atoms with Gasteiger partial charge in [-0.15, -0.1) is 0 Å². The van der Waals surface area contributed by atoms with Crippen LogP contribution in [0.4, 0.5) is 5.69 Å². The van der Waals surface area contributed by atoms with E-state index in [1.165, 1.54) is 0 Å². The maximum Gasteiger partial charge on any atom is 0.254 e. The van der Waals surface area contributed by atoms with Crippen molar-refractivity contribution in [1.82, 2.24) is 5.32 Å². The summed E-state index contributed by atoms with van der Waals surface area (Å²) in [4.78, 5) is 26.5. The second kappa shape index (κ2) is 5.03. The van der Waals surface area contributed by atoms with Gasteiger partial charge in [0.25, 0.3) is 11.8 Å². The van der Waals surface area contributed by atoms with Crippen LogP contribution in [0.15, 0.2) is 24.3 Å². The van der Waals surface area contributed by atoms with Gasteiger partial charge in [0, 0.05) is 6.54 Å². The van der Waals surface area contributed by atoms with E-state index in [1.54, 1.807) is 24.8 Å². The van der Waals surface area contributed by atoms with Gasteiger partial charge in [0.1, 0.15) is 5.54 Å². The highest BCUT2D eigenvalue weighted by molar-refractivity contribution is 6.12. The van der Waals surface area contributed by atoms with Crippen LogP contribution in [0.25, 0.3) is 0 Å². The van der Waals surface area contributed by atoms with E-state index in [2.05, 4.69) is 12.2 Å². The number of para-hydroxylation sites is 1. The van der Waals surface area contributed by atoms with E-state index in [9.17, 15) is 9.59 Å². The van der Waals surface area contributed by atoms with Gasteiger partial charge in [0.05, 0.1) is 11.3 Å². The zero-order chi connectivity index (χ0) is 14.0. The van der Waals surface area contributed by atoms with Crippen LogP contribution in [0.2, 0.25) is 0 Å². The average Bonchev–Trinajstić information content (AvgIpc) is 2.44. The Bertz CT molecular complexity index is 509. The minimum absolute atomic E-state index is 0.0562. The molecule has 1 aromatic carbocycles. The van der Waals surface area contributed by atoms with Crippen LogP contribution in [-0.2, 0) is 4.79 Å². The highest BCUT2D eigenvalue weighted by atomic mass is 16.2. The van der Waals surface area contributed by atoms with Crippen LogP contribution in [0.3, 0.4) is 0 Å². The van der Waals surface area contributed by atoms with Gasteiger partial charge in [0.2, 0.25) is 0 Å². The quantitative estimate of drug-likeness (QED) is 0.907. The molecule has 4 nitrogen and oxygen atoms in total. The van der Waals surface area contributed by atoms with Crippen molar-refractivity contribution in [1.29, 1.82) is 0 Å². The summed E-state index contributed by atoms with van der Waals surface area (Å²) in [5, 5.41) is 2.80. The van der Waals surface area contributed by atoms with E-state index in [0.717, 1.165) is 12.8 Å². The van der Waals surface area contributed by atoms with Gasteiger partial charge in [-0.1, -0.05) is 25.5 Å². The standard InChI is InChI=1S/C15H20N2O2/c1-4-5-10-17-12-9-7-6-8-11(12)13(18)16-15(2,3)14(17)19/h6-9H,4-5,10H2,1-3H3,(H,16,18). The number of nitrogens with one attached hydrogen (secondary N) is 1. The van der Waals surface area contributed by atoms with Crippen molar-refractivity contribution in [3.63, 3.8) is 0 Å². The van der Waals surface area contributed by atoms with E-state index in [-0.39, 0.29) is 11.8 Å². The zero-order valence-electron chi connectivity index (χ0n) is 11.7. The third-order valence-electron chi connectivity index (χ3n) is 3.38. The Morgan fingerprint density at radius 1 is 1.21 bits per heavy atom. The number of nitrogens with zero attached hydrogens (tertiary/aromatic N) is 1. The molecule has 1 N–H and O–H groups in total. The fraction of sp³-hybridized carbons (Fsp3) is 0.467. The molecule has 0 aliphatic carbocycles. The number of rotatable bonds is 3. The molecule has 4 heteroatoms. The van der Waals surface area contributed by atoms with Gasteiger partial charge in [-0.25, -0.2) is 0 Å². The van der Waals surface area contributed by atoms with Crippen LogP contribution in [-0.4, -0.2) is 23.9 Å². The number of unbranched alkanes of at least 4 members (excludes halogenated alkanes) is 1. The Balaban J connectivity index is 2.50. The van der Waals surface area contributed by atoms with E-state index < -0.39 is 5.54 Å². The number of hydrogen-bond acceptors (Lipinski definition) is 2. The zero-order valence-corrected chi connectivity index (χ0v) is 11.7. The maximum absolute atomic E-state index is 12.6. The summed E-state index contributed by atoms with van der Waals surface area (Å²) in [6.07, 6.45) is 1.93. The number of benzene rings is 1. The third kappa shape index (κ3) is 2.48. The van der Waals surface area contributed by atoms with Gasteiger partial charge in [0.15, 0.2) is 0 Å². The van der Waals surface area contributed by atoms with Gasteiger partial charge in [-0.05, 0) is 32.4 Å². The molecule has 1 aliphatic rings. The molecule has 0 saturated carbocycles. The lowest BCUT2D eigenvalue weighted by Gasteiger charge is -2.29. The van der Waals surface area contributed by atoms with Gasteiger partial charge in [-0.2, -0.15) is 0 Å². The van der Waals surface area contributed by atoms with E-state index in [0.29, 0.717) is 17.8 Å². The predicted molar refractivity (Wildman–Crippen MR) is 75.2 cm³/mol. The normalized spacial score (nSPS) is 17.7. The summed E-state index contributed by atoms with van der Waals surface area (Å²) in [5.74, 6) is -0.243. The summed E-state index contributed by atoms with van der Waals surface area (Å²) < 4.78 is 0. The van der Waals surface area contributed by atoms with E-state index >= 15 is 0 Å². The first kappa shape index (κ1) is 13.6. The lowest BCUT2D eigenvalue weighted by Crippen LogP contribution is -2.54. The summed E-state index contributed by atoms with van der Waals surface area (Å²) in [6.45, 7) is 6.23. The molecule has 0 radical (unpaired) electrons. The summed E-state index contributed by atoms with van der Waals surface area (Å²) in [6, 6.07) is 7.28. The molecule has 1 heterocycles. The average molecular weight is 260 g/mol. The molecule has 0 spiro atoms. The topological polar surface area (TPSA) is 49.4 Å². The number of carbonyl (C=O) groups excluding carboxylic acids is 2. The van der Waals surface area contributed by atoms with Crippen molar-refractivity contribution in [3.8, 4) is 0 Å². The van der Waals surface area contributed by atoms with Crippen molar-refractivity contribution in [2.75, 3.05) is 11.4 Å². The molecule has 19 heavy (non-hydrogen) atoms. The largest absolute Gasteiger partial charge is 0.338 e. The second-order valence-electron chi connectivity index (χ2n) is 5.41. The van der Waals surface area contributed by atoms with Gasteiger partial charge in [-0.3, -0.25) is 9.59 Å². The first-order valence-electron chi connectivity index (χ1n) is 6.71. The van der Waals surface area contributed by atoms with Gasteiger partial charge >= 0.3 is 0 Å². The number of fused-ring (bicyclic) bond motifs is 1. The third-order valence-corrected chi connectivity index (χ3v) is 3.38. The fourth-order valence-corrected chi connectivity index (χ4v) is 2.29. The molecule has 0 atom stereocenters. The monoisotopic (exact) mass is 260 g/mol. The maximum atomic E-state index is 12.6. The molecule has 2 rings (SSSR count). The van der Waals surface area contributed by atoms with Gasteiger partial charge < -0.3 is 10.2 Å². The van der Waals surface area contributed by atoms with Crippen molar-refractivity contribution in [3.05, 3.63) is 29.8 Å². The Hall–Kier alpha value is -1.84. The summed E-state index contributed by atoms with van der Waals surface area (Å²) >= 11 is 0. The predicted octanol–water partition coefficient (Wildman–Crippen LogP) is 2.34. The minimum Gasteiger partial charge on any atom is -0.338 e. The summed E-state index contributed by atoms with van der Waals surface area (Å²) in [5.41, 5.74) is 0.408. The van der Waals surface area contributed by atoms with E-state index in [1.807, 2.05) is 18.2 Å². The van der Waals surface area contributed by atoms with Crippen LogP contribution < -0.4 is 10.2 Å². The number of anilines is 1. The number of amides is 2. The number of hydrogen-bond donors (Lipinski definition) is 1. The molecule has 0 unspecified atom stereocenters. The Labute approximate surface area is 113 Å². The lowest BCUT2D eigenvalue weighted by atomic mass is 10.0. The minimum atomic E-state index is -0.871. The van der Waals surface area contributed by atoms with Crippen LogP contribution in [0.5, 0.6) is 0 Å². The SMILES string of the molecule is CCCCN1C(=O)C(C)(C)NC(=O)c2ccccc21. The molecule has 0 saturated heterocycles. The number of carbonyl (C=O) groups is 2. The van der Waals surface area contributed by atoms with Crippen molar-refractivity contribution >= 4 is 17.5 Å². The summed E-state index contributed by atoms with van der Waals surface area (Å²) in [7, 11) is 0. The van der Waals surface area contributed by atoms with E-state index in [4.69, 9.17) is 0 Å². The van der Waals surface area contributed by atoms with Crippen LogP contribution in [0, 0.1) is 0 Å². The molecule has 0 bridgehead atoms. The first-order chi connectivity index (χ1) is 8.97. The molecule has 102 valence electrons. The van der Waals surface area contributed by atoms with Crippen molar-refractivity contribution in [2.24, 2.45) is 0 Å². The van der Waals surface area contributed by atoms with Crippen LogP contribution >= 0.6 is 0 Å². The second-order valence-corrected chi connectivity index (χ2v) is 5.41. The van der Waals surface area contributed by atoms with Crippen LogP contribution in [0.1, 0.15) is 44.0 Å². The molecular weight excluding hydrogens is 240 g/mol. The molecule has 0 aromatic heterocycles. The Kier molecular flexibility index (Phi) is 3.60. The van der Waals surface area contributed by atoms with Crippen molar-refractivity contribution < 1.29 is 9.59 Å². The highest BCUT2D eigenvalue weighted by Crippen LogP contribution is 2.27. The molecule has 0 fully saturated rings.